The summed E-state index contributed by atoms with van der Waals surface area (Å²) in [5, 5.41) is 3.01. The molecule has 1 amide bonds. The van der Waals surface area contributed by atoms with Gasteiger partial charge in [0, 0.05) is 37.0 Å². The third-order valence-corrected chi connectivity index (χ3v) is 6.39. The topological polar surface area (TPSA) is 74.3 Å². The highest BCUT2D eigenvalue weighted by molar-refractivity contribution is 5.89. The number of nitrogens with one attached hydrogen (secondary N) is 2. The molecule has 180 valence electrons. The number of H-pyrrole nitrogens is 1. The molecule has 1 aliphatic rings. The highest BCUT2D eigenvalue weighted by atomic mass is 19.1. The fourth-order valence-electron chi connectivity index (χ4n) is 4.46. The molecular formula is C27H29FN5O2+. The normalized spacial score (nSPS) is 14.3. The van der Waals surface area contributed by atoms with Gasteiger partial charge in [0.15, 0.2) is 5.52 Å². The van der Waals surface area contributed by atoms with Gasteiger partial charge in [-0.05, 0) is 67.4 Å². The number of morpholine rings is 1. The molecule has 4 heterocycles. The van der Waals surface area contributed by atoms with Crippen LogP contribution < -0.4 is 9.72 Å². The van der Waals surface area contributed by atoms with E-state index in [2.05, 4.69) is 20.2 Å². The number of nitrogens with zero attached hydrogens (tertiary/aromatic N) is 3. The van der Waals surface area contributed by atoms with E-state index < -0.39 is 0 Å². The predicted octanol–water partition coefficient (Wildman–Crippen LogP) is 3.38. The smallest absolute Gasteiger partial charge is 0.350 e. The minimum atomic E-state index is -0.233. The Morgan fingerprint density at radius 2 is 2.06 bits per heavy atom. The van der Waals surface area contributed by atoms with Crippen LogP contribution in [0.3, 0.4) is 0 Å². The lowest BCUT2D eigenvalue weighted by molar-refractivity contribution is -0.514. The van der Waals surface area contributed by atoms with Crippen LogP contribution in [0.1, 0.15) is 22.6 Å². The summed E-state index contributed by atoms with van der Waals surface area (Å²) in [5.41, 5.74) is 5.00. The number of aryl methyl sites for hydroxylation is 1. The lowest BCUT2D eigenvalue weighted by Crippen LogP contribution is -2.39. The number of amides is 1. The average molecular weight is 475 g/mol. The number of rotatable bonds is 7. The van der Waals surface area contributed by atoms with Gasteiger partial charge in [0.25, 0.3) is 0 Å². The van der Waals surface area contributed by atoms with Gasteiger partial charge in [-0.3, -0.25) is 14.7 Å². The van der Waals surface area contributed by atoms with Crippen molar-refractivity contribution in [2.24, 2.45) is 0 Å². The predicted molar refractivity (Wildman–Crippen MR) is 132 cm³/mol. The monoisotopic (exact) mass is 474 g/mol. The molecule has 4 aromatic rings. The summed E-state index contributed by atoms with van der Waals surface area (Å²) in [6.07, 6.45) is 6.34. The lowest BCUT2D eigenvalue weighted by atomic mass is 9.99. The molecule has 0 spiro atoms. The maximum Gasteiger partial charge on any atom is 0.350 e. The summed E-state index contributed by atoms with van der Waals surface area (Å²) < 4.78 is 21.0. The third-order valence-electron chi connectivity index (χ3n) is 6.39. The first-order valence-electron chi connectivity index (χ1n) is 11.9. The first-order valence-corrected chi connectivity index (χ1v) is 11.9. The molecule has 35 heavy (non-hydrogen) atoms. The number of hydrogen-bond acceptors (Lipinski definition) is 4. The second kappa shape index (κ2) is 10.3. The van der Waals surface area contributed by atoms with Crippen molar-refractivity contribution < 1.29 is 18.3 Å². The van der Waals surface area contributed by atoms with E-state index in [0.29, 0.717) is 17.9 Å². The number of carbonyl (C=O) groups excluding carboxylic acids is 1. The molecule has 0 radical (unpaired) electrons. The summed E-state index contributed by atoms with van der Waals surface area (Å²) in [6, 6.07) is 12.9. The van der Waals surface area contributed by atoms with Crippen LogP contribution in [0.5, 0.6) is 0 Å². The molecule has 0 saturated carbocycles. The summed E-state index contributed by atoms with van der Waals surface area (Å²) >= 11 is 0. The van der Waals surface area contributed by atoms with Crippen LogP contribution in [-0.2, 0) is 4.74 Å². The van der Waals surface area contributed by atoms with Crippen LogP contribution in [0, 0.1) is 12.7 Å². The number of hydrogen-bond donors (Lipinski definition) is 2. The Labute approximate surface area is 203 Å². The van der Waals surface area contributed by atoms with E-state index in [4.69, 9.17) is 4.74 Å². The molecule has 7 nitrogen and oxygen atoms in total. The van der Waals surface area contributed by atoms with E-state index in [1.165, 1.54) is 6.07 Å². The molecule has 3 aromatic heterocycles. The van der Waals surface area contributed by atoms with Crippen molar-refractivity contribution in [1.29, 1.82) is 0 Å². The molecular weight excluding hydrogens is 445 g/mol. The number of pyridine rings is 2. The number of aromatic nitrogens is 3. The Morgan fingerprint density at radius 1 is 1.20 bits per heavy atom. The molecule has 1 aromatic carbocycles. The molecule has 8 heteroatoms. The zero-order chi connectivity index (χ0) is 24.2. The van der Waals surface area contributed by atoms with Crippen molar-refractivity contribution >= 4 is 11.4 Å². The van der Waals surface area contributed by atoms with E-state index in [-0.39, 0.29) is 11.7 Å². The zero-order valence-corrected chi connectivity index (χ0v) is 19.8. The van der Waals surface area contributed by atoms with E-state index >= 15 is 0 Å². The van der Waals surface area contributed by atoms with Gasteiger partial charge in [0.1, 0.15) is 12.0 Å². The van der Waals surface area contributed by atoms with Crippen LogP contribution in [0.2, 0.25) is 0 Å². The van der Waals surface area contributed by atoms with Crippen molar-refractivity contribution in [3.63, 3.8) is 0 Å². The van der Waals surface area contributed by atoms with Crippen molar-refractivity contribution in [3.8, 4) is 22.4 Å². The van der Waals surface area contributed by atoms with Gasteiger partial charge in [0.2, 0.25) is 0 Å². The van der Waals surface area contributed by atoms with Crippen molar-refractivity contribution in [3.05, 3.63) is 78.3 Å². The Bertz CT molecular complexity index is 1350. The van der Waals surface area contributed by atoms with Gasteiger partial charge < -0.3 is 10.1 Å². The molecule has 2 N–H and O–H groups in total. The maximum atomic E-state index is 13.8. The fraction of sp³-hybridized carbons (Fsp3) is 0.296. The average Bonchev–Trinajstić information content (AvgIpc) is 3.32. The third kappa shape index (κ3) is 5.08. The number of ether oxygens (including phenoxy) is 1. The Balaban J connectivity index is 1.32. The first kappa shape index (κ1) is 23.1. The van der Waals surface area contributed by atoms with Gasteiger partial charge in [-0.15, -0.1) is 0 Å². The van der Waals surface area contributed by atoms with Crippen molar-refractivity contribution in [1.82, 2.24) is 20.2 Å². The van der Waals surface area contributed by atoms with Crippen LogP contribution >= 0.6 is 0 Å². The van der Waals surface area contributed by atoms with E-state index in [1.807, 2.05) is 47.1 Å². The molecule has 0 aliphatic carbocycles. The van der Waals surface area contributed by atoms with Gasteiger partial charge in [-0.2, -0.15) is 4.40 Å². The van der Waals surface area contributed by atoms with Crippen LogP contribution in [0.15, 0.2) is 61.1 Å². The minimum Gasteiger partial charge on any atom is -0.379 e. The molecule has 1 fully saturated rings. The first-order chi connectivity index (χ1) is 17.1. The van der Waals surface area contributed by atoms with E-state index in [1.54, 1.807) is 19.2 Å². The molecule has 5 rings (SSSR count). The van der Waals surface area contributed by atoms with Crippen molar-refractivity contribution in [2.45, 2.75) is 13.3 Å². The minimum absolute atomic E-state index is 0.136. The summed E-state index contributed by atoms with van der Waals surface area (Å²) in [5.74, 6) is 0.116. The highest BCUT2D eigenvalue weighted by Crippen LogP contribution is 2.31. The Kier molecular flexibility index (Phi) is 6.83. The Morgan fingerprint density at radius 3 is 2.89 bits per heavy atom. The quantitative estimate of drug-likeness (QED) is 0.318. The van der Waals surface area contributed by atoms with Gasteiger partial charge >= 0.3 is 11.7 Å². The fourth-order valence-corrected chi connectivity index (χ4v) is 4.46. The number of fused-ring (bicyclic) bond motifs is 1. The van der Waals surface area contributed by atoms with Crippen molar-refractivity contribution in [2.75, 3.05) is 39.4 Å². The second-order valence-electron chi connectivity index (χ2n) is 8.77. The largest absolute Gasteiger partial charge is 0.379 e. The molecule has 0 unspecified atom stereocenters. The van der Waals surface area contributed by atoms with Gasteiger partial charge in [0.05, 0.1) is 25.1 Å². The number of imidazole rings is 1. The number of benzene rings is 1. The summed E-state index contributed by atoms with van der Waals surface area (Å²) in [7, 11) is 0. The number of aromatic amines is 1. The summed E-state index contributed by atoms with van der Waals surface area (Å²) in [4.78, 5) is 22.8. The van der Waals surface area contributed by atoms with E-state index in [0.717, 1.165) is 67.2 Å². The molecule has 0 atom stereocenters. The maximum absolute atomic E-state index is 13.8. The Hall–Kier alpha value is -3.62. The number of carbonyl (C=O) groups is 1. The number of halogens is 1. The van der Waals surface area contributed by atoms with E-state index in [9.17, 15) is 9.18 Å². The van der Waals surface area contributed by atoms with Crippen LogP contribution in [0.25, 0.3) is 27.9 Å². The lowest BCUT2D eigenvalue weighted by Gasteiger charge is -2.26. The zero-order valence-electron chi connectivity index (χ0n) is 19.8. The molecule has 1 aliphatic heterocycles. The highest BCUT2D eigenvalue weighted by Gasteiger charge is 2.21. The van der Waals surface area contributed by atoms with Crippen LogP contribution in [-0.4, -0.2) is 60.2 Å². The van der Waals surface area contributed by atoms with Gasteiger partial charge in [-0.1, -0.05) is 6.07 Å². The SMILES string of the molecule is Cc1cc(-c2ncccc2-c2cc[n+]3c(C(=O)NCCCN4CCOCC4)[nH]cc3c2)ccc1F. The molecule has 1 saturated heterocycles. The second-order valence-corrected chi connectivity index (χ2v) is 8.77. The summed E-state index contributed by atoms with van der Waals surface area (Å²) in [6.45, 7) is 6.78. The molecule has 0 bridgehead atoms. The standard InChI is InChI=1S/C27H28FN5O2/c1-19-16-21(5-6-24(19)28)25-23(4-2-8-29-25)20-7-11-33-22(17-20)18-31-26(33)27(34)30-9-3-10-32-12-14-35-15-13-32/h2,4-8,11,16-18H,3,9-10,12-15H2,1H3,(H,30,34)/p+1. The van der Waals surface area contributed by atoms with Crippen LogP contribution in [0.4, 0.5) is 4.39 Å². The van der Waals surface area contributed by atoms with Gasteiger partial charge in [-0.25, -0.2) is 9.37 Å².